The van der Waals surface area contributed by atoms with Gasteiger partial charge in [-0.3, -0.25) is 0 Å². The van der Waals surface area contributed by atoms with Crippen molar-refractivity contribution in [1.29, 1.82) is 0 Å². The first-order valence-electron chi connectivity index (χ1n) is 19.2. The fourth-order valence-electron chi connectivity index (χ4n) is 6.87. The molecular formula is C38H78O8. The van der Waals surface area contributed by atoms with Crippen molar-refractivity contribution in [3.05, 3.63) is 0 Å². The first kappa shape index (κ1) is 45.7. The normalized spacial score (nSPS) is 13.8. The van der Waals surface area contributed by atoms with Gasteiger partial charge in [-0.15, -0.1) is 0 Å². The van der Waals surface area contributed by atoms with E-state index in [1.54, 1.807) is 21.3 Å². The molecule has 0 aromatic carbocycles. The maximum Gasteiger partial charge on any atom is 0.288 e. The minimum atomic E-state index is -1.02. The lowest BCUT2D eigenvalue weighted by atomic mass is 9.72. The van der Waals surface area contributed by atoms with E-state index in [4.69, 9.17) is 37.9 Å². The predicted octanol–water partition coefficient (Wildman–Crippen LogP) is 10.2. The van der Waals surface area contributed by atoms with Crippen LogP contribution in [0.5, 0.6) is 0 Å². The fraction of sp³-hybridized carbons (Fsp3) is 1.00. The molecule has 0 heterocycles. The molecule has 46 heavy (non-hydrogen) atoms. The molecule has 0 saturated heterocycles. The number of hydrogen-bond acceptors (Lipinski definition) is 8. The van der Waals surface area contributed by atoms with Crippen LogP contribution in [0.2, 0.25) is 0 Å². The summed E-state index contributed by atoms with van der Waals surface area (Å²) in [4.78, 5) is 0. The van der Waals surface area contributed by atoms with Crippen molar-refractivity contribution in [2.75, 3.05) is 67.6 Å². The van der Waals surface area contributed by atoms with E-state index >= 15 is 0 Å². The Morgan fingerprint density at radius 1 is 0.370 bits per heavy atom. The minimum Gasteiger partial charge on any atom is -0.381 e. The summed E-state index contributed by atoms with van der Waals surface area (Å²) in [5.41, 5.74) is -0.195. The van der Waals surface area contributed by atoms with Crippen LogP contribution in [0.4, 0.5) is 0 Å². The van der Waals surface area contributed by atoms with E-state index < -0.39 is 11.9 Å². The van der Waals surface area contributed by atoms with Gasteiger partial charge in [0.2, 0.25) is 0 Å². The van der Waals surface area contributed by atoms with E-state index in [0.29, 0.717) is 19.8 Å². The second-order valence-electron chi connectivity index (χ2n) is 12.6. The Morgan fingerprint density at radius 2 is 0.783 bits per heavy atom. The number of hydrogen-bond donors (Lipinski definition) is 0. The van der Waals surface area contributed by atoms with E-state index in [0.717, 1.165) is 84.2 Å². The molecule has 8 nitrogen and oxygen atoms in total. The SMILES string of the molecule is CCCCCCCCC(CCC)(CCCOCCCOCCCCCCCCCC(OCC)(OCC)OCC)C(OC)(OC)OC. The molecule has 0 rings (SSSR count). The zero-order valence-electron chi connectivity index (χ0n) is 31.9. The monoisotopic (exact) mass is 663 g/mol. The summed E-state index contributed by atoms with van der Waals surface area (Å²) in [6, 6.07) is 0. The summed E-state index contributed by atoms with van der Waals surface area (Å²) >= 11 is 0. The average Bonchev–Trinajstić information content (AvgIpc) is 3.05. The molecular weight excluding hydrogens is 584 g/mol. The Kier molecular flexibility index (Phi) is 30.5. The molecule has 278 valence electrons. The maximum atomic E-state index is 6.02. The molecule has 0 spiro atoms. The Balaban J connectivity index is 4.15. The van der Waals surface area contributed by atoms with Gasteiger partial charge in [-0.1, -0.05) is 90.9 Å². The van der Waals surface area contributed by atoms with Gasteiger partial charge in [-0.05, 0) is 65.7 Å². The molecule has 0 aromatic rings. The van der Waals surface area contributed by atoms with Crippen LogP contribution in [-0.2, 0) is 37.9 Å². The lowest BCUT2D eigenvalue weighted by Crippen LogP contribution is -2.53. The molecule has 0 saturated carbocycles. The molecule has 0 radical (unpaired) electrons. The Labute approximate surface area is 285 Å². The van der Waals surface area contributed by atoms with Crippen LogP contribution in [0.25, 0.3) is 0 Å². The minimum absolute atomic E-state index is 0.195. The maximum absolute atomic E-state index is 6.02. The second-order valence-corrected chi connectivity index (χ2v) is 12.6. The highest BCUT2D eigenvalue weighted by molar-refractivity contribution is 4.88. The van der Waals surface area contributed by atoms with Crippen LogP contribution < -0.4 is 0 Å². The third kappa shape index (κ3) is 19.0. The Bertz CT molecular complexity index is 605. The van der Waals surface area contributed by atoms with Crippen molar-refractivity contribution < 1.29 is 37.9 Å². The number of methoxy groups -OCH3 is 3. The first-order valence-corrected chi connectivity index (χ1v) is 19.2. The zero-order chi connectivity index (χ0) is 34.2. The first-order chi connectivity index (χ1) is 22.4. The molecule has 0 aromatic heterocycles. The lowest BCUT2D eigenvalue weighted by molar-refractivity contribution is -0.411. The Morgan fingerprint density at radius 3 is 1.26 bits per heavy atom. The average molecular weight is 663 g/mol. The third-order valence-corrected chi connectivity index (χ3v) is 9.08. The predicted molar refractivity (Wildman–Crippen MR) is 189 cm³/mol. The smallest absolute Gasteiger partial charge is 0.288 e. The summed E-state index contributed by atoms with van der Waals surface area (Å²) in [5.74, 6) is -1.89. The van der Waals surface area contributed by atoms with Gasteiger partial charge in [-0.2, -0.15) is 0 Å². The summed E-state index contributed by atoms with van der Waals surface area (Å²) in [6.45, 7) is 15.3. The van der Waals surface area contributed by atoms with Gasteiger partial charge in [0.15, 0.2) is 0 Å². The molecule has 0 aliphatic carbocycles. The van der Waals surface area contributed by atoms with Crippen LogP contribution in [0.1, 0.15) is 163 Å². The van der Waals surface area contributed by atoms with Crippen LogP contribution in [-0.4, -0.2) is 79.5 Å². The highest BCUT2D eigenvalue weighted by Gasteiger charge is 2.52. The highest BCUT2D eigenvalue weighted by atomic mass is 16.9. The second kappa shape index (κ2) is 30.7. The van der Waals surface area contributed by atoms with Crippen molar-refractivity contribution in [3.8, 4) is 0 Å². The molecule has 0 aliphatic rings. The molecule has 0 N–H and O–H groups in total. The highest BCUT2D eigenvalue weighted by Crippen LogP contribution is 2.48. The van der Waals surface area contributed by atoms with Crippen LogP contribution >= 0.6 is 0 Å². The molecule has 0 aliphatic heterocycles. The quantitative estimate of drug-likeness (QED) is 0.0481. The van der Waals surface area contributed by atoms with E-state index in [2.05, 4.69) is 13.8 Å². The molecule has 1 atom stereocenters. The van der Waals surface area contributed by atoms with Gasteiger partial charge in [0.1, 0.15) is 0 Å². The molecule has 0 amide bonds. The van der Waals surface area contributed by atoms with Crippen molar-refractivity contribution in [1.82, 2.24) is 0 Å². The van der Waals surface area contributed by atoms with Crippen molar-refractivity contribution in [3.63, 3.8) is 0 Å². The van der Waals surface area contributed by atoms with Crippen LogP contribution in [0, 0.1) is 5.41 Å². The van der Waals surface area contributed by atoms with Crippen molar-refractivity contribution in [2.45, 2.75) is 175 Å². The largest absolute Gasteiger partial charge is 0.381 e. The van der Waals surface area contributed by atoms with Crippen molar-refractivity contribution >= 4 is 0 Å². The van der Waals surface area contributed by atoms with Gasteiger partial charge in [0.05, 0.1) is 5.41 Å². The van der Waals surface area contributed by atoms with Crippen molar-refractivity contribution in [2.24, 2.45) is 5.41 Å². The third-order valence-electron chi connectivity index (χ3n) is 9.08. The summed E-state index contributed by atoms with van der Waals surface area (Å²) in [7, 11) is 5.12. The van der Waals surface area contributed by atoms with Crippen LogP contribution in [0.15, 0.2) is 0 Å². The van der Waals surface area contributed by atoms with Crippen LogP contribution in [0.3, 0.4) is 0 Å². The number of rotatable bonds is 37. The van der Waals surface area contributed by atoms with Gasteiger partial charge in [0.25, 0.3) is 11.9 Å². The van der Waals surface area contributed by atoms with Gasteiger partial charge in [-0.25, -0.2) is 0 Å². The van der Waals surface area contributed by atoms with Gasteiger partial charge < -0.3 is 37.9 Å². The molecule has 0 bridgehead atoms. The number of ether oxygens (including phenoxy) is 8. The zero-order valence-corrected chi connectivity index (χ0v) is 31.9. The summed E-state index contributed by atoms with van der Waals surface area (Å²) in [6.07, 6.45) is 22.7. The topological polar surface area (TPSA) is 73.8 Å². The molecule has 0 fully saturated rings. The van der Waals surface area contributed by atoms with E-state index in [-0.39, 0.29) is 5.41 Å². The van der Waals surface area contributed by atoms with E-state index in [1.165, 1.54) is 70.6 Å². The van der Waals surface area contributed by atoms with E-state index in [1.807, 2.05) is 20.8 Å². The van der Waals surface area contributed by atoms with Gasteiger partial charge >= 0.3 is 0 Å². The van der Waals surface area contributed by atoms with Gasteiger partial charge in [0, 0.05) is 74.0 Å². The molecule has 1 unspecified atom stereocenters. The number of unbranched alkanes of at least 4 members (excludes halogenated alkanes) is 11. The molecule has 8 heteroatoms. The Hall–Kier alpha value is -0.320. The summed E-state index contributed by atoms with van der Waals surface area (Å²) < 4.78 is 47.2. The fourth-order valence-corrected chi connectivity index (χ4v) is 6.87. The summed E-state index contributed by atoms with van der Waals surface area (Å²) in [5, 5.41) is 0. The van der Waals surface area contributed by atoms with E-state index in [9.17, 15) is 0 Å². The lowest BCUT2D eigenvalue weighted by Gasteiger charge is -2.47. The standard InChI is InChI=1S/C38H78O8/c1-9-14-15-16-20-23-29-36(28-10-2,38(39-6,40-7)41-8)30-26-33-43-35-27-34-42-32-25-22-19-17-18-21-24-31-37(44-11-3,45-12-4)46-13-5/h9-35H2,1-8H3.